The molecular formula is C20H20N6O3. The van der Waals surface area contributed by atoms with Crippen LogP contribution >= 0.6 is 0 Å². The molecule has 0 atom stereocenters. The second kappa shape index (κ2) is 7.51. The fourth-order valence-corrected chi connectivity index (χ4v) is 3.53. The molecule has 1 aliphatic rings. The Morgan fingerprint density at radius 3 is 2.90 bits per heavy atom. The summed E-state index contributed by atoms with van der Waals surface area (Å²) in [5.74, 6) is 0.922. The van der Waals surface area contributed by atoms with Crippen LogP contribution in [0.5, 0.6) is 0 Å². The third kappa shape index (κ3) is 3.40. The minimum Gasteiger partial charge on any atom is -0.451 e. The number of furan rings is 1. The quantitative estimate of drug-likeness (QED) is 0.553. The van der Waals surface area contributed by atoms with Gasteiger partial charge in [-0.25, -0.2) is 14.6 Å². The molecule has 0 saturated carbocycles. The summed E-state index contributed by atoms with van der Waals surface area (Å²) in [5, 5.41) is 9.12. The lowest BCUT2D eigenvalue weighted by molar-refractivity contribution is 0.0926. The smallest absolute Gasteiger partial charge is 0.287 e. The van der Waals surface area contributed by atoms with Crippen molar-refractivity contribution in [2.75, 3.05) is 37.7 Å². The van der Waals surface area contributed by atoms with Crippen LogP contribution in [0.1, 0.15) is 10.6 Å². The molecular weight excluding hydrogens is 372 g/mol. The molecule has 0 bridgehead atoms. The molecule has 0 radical (unpaired) electrons. The summed E-state index contributed by atoms with van der Waals surface area (Å²) in [5.41, 5.74) is 1.45. The molecule has 3 aromatic heterocycles. The number of anilines is 1. The topological polar surface area (TPSA) is 98.3 Å². The number of nitrogens with zero attached hydrogens (tertiary/aromatic N) is 5. The Labute approximate surface area is 166 Å². The number of hydrogen-bond acceptors (Lipinski definition) is 7. The van der Waals surface area contributed by atoms with Gasteiger partial charge >= 0.3 is 0 Å². The molecule has 5 rings (SSSR count). The molecule has 1 fully saturated rings. The first-order chi connectivity index (χ1) is 14.3. The van der Waals surface area contributed by atoms with Crippen LogP contribution < -0.4 is 10.2 Å². The van der Waals surface area contributed by atoms with Gasteiger partial charge in [0.05, 0.1) is 31.3 Å². The number of carbonyl (C=O) groups excluding carboxylic acids is 1. The van der Waals surface area contributed by atoms with Crippen molar-refractivity contribution in [3.05, 3.63) is 48.6 Å². The molecule has 0 unspecified atom stereocenters. The second-order valence-corrected chi connectivity index (χ2v) is 6.81. The van der Waals surface area contributed by atoms with E-state index in [2.05, 4.69) is 25.3 Å². The van der Waals surface area contributed by atoms with Gasteiger partial charge in [0.25, 0.3) is 5.91 Å². The predicted octanol–water partition coefficient (Wildman–Crippen LogP) is 1.84. The average molecular weight is 392 g/mol. The summed E-state index contributed by atoms with van der Waals surface area (Å²) < 4.78 is 12.8. The molecule has 1 amide bonds. The van der Waals surface area contributed by atoms with Gasteiger partial charge in [-0.2, -0.15) is 5.10 Å². The van der Waals surface area contributed by atoms with E-state index in [-0.39, 0.29) is 5.91 Å². The van der Waals surface area contributed by atoms with E-state index < -0.39 is 0 Å². The highest BCUT2D eigenvalue weighted by atomic mass is 16.5. The number of nitrogens with one attached hydrogen (secondary N) is 1. The number of rotatable bonds is 5. The van der Waals surface area contributed by atoms with Gasteiger partial charge in [0.1, 0.15) is 17.7 Å². The van der Waals surface area contributed by atoms with Gasteiger partial charge in [-0.3, -0.25) is 4.79 Å². The number of amides is 1. The molecule has 4 aromatic rings. The summed E-state index contributed by atoms with van der Waals surface area (Å²) in [7, 11) is 0. The predicted molar refractivity (Wildman–Crippen MR) is 107 cm³/mol. The maximum absolute atomic E-state index is 12.4. The molecule has 0 spiro atoms. The van der Waals surface area contributed by atoms with Gasteiger partial charge < -0.3 is 19.4 Å². The normalized spacial score (nSPS) is 14.6. The fraction of sp³-hybridized carbons (Fsp3) is 0.300. The Morgan fingerprint density at radius 1 is 1.17 bits per heavy atom. The molecule has 0 aliphatic carbocycles. The summed E-state index contributed by atoms with van der Waals surface area (Å²) in [6, 6.07) is 9.29. The van der Waals surface area contributed by atoms with Gasteiger partial charge in [0.2, 0.25) is 0 Å². The number of para-hydroxylation sites is 1. The van der Waals surface area contributed by atoms with Crippen LogP contribution in [-0.4, -0.2) is 58.5 Å². The van der Waals surface area contributed by atoms with Gasteiger partial charge in [-0.05, 0) is 12.1 Å². The average Bonchev–Trinajstić information content (AvgIpc) is 3.38. The number of morpholine rings is 1. The van der Waals surface area contributed by atoms with Crippen molar-refractivity contribution in [1.29, 1.82) is 0 Å². The SMILES string of the molecule is O=C(NCCn1ncc2c(N3CCOCC3)ncnc21)c1cc2ccccc2o1. The second-order valence-electron chi connectivity index (χ2n) is 6.81. The molecule has 4 heterocycles. The molecule has 9 heteroatoms. The molecule has 1 saturated heterocycles. The van der Waals surface area contributed by atoms with Crippen molar-refractivity contribution < 1.29 is 13.9 Å². The Bertz CT molecular complexity index is 1130. The van der Waals surface area contributed by atoms with Crippen molar-refractivity contribution in [3.8, 4) is 0 Å². The van der Waals surface area contributed by atoms with Crippen molar-refractivity contribution in [2.24, 2.45) is 0 Å². The van der Waals surface area contributed by atoms with E-state index in [9.17, 15) is 4.79 Å². The molecule has 148 valence electrons. The molecule has 29 heavy (non-hydrogen) atoms. The zero-order chi connectivity index (χ0) is 19.6. The summed E-state index contributed by atoms with van der Waals surface area (Å²) in [6.07, 6.45) is 3.33. The number of ether oxygens (including phenoxy) is 1. The van der Waals surface area contributed by atoms with Gasteiger partial charge in [0, 0.05) is 25.0 Å². The standard InChI is InChI=1S/C20H20N6O3/c27-20(17-11-14-3-1-2-4-16(14)29-17)21-5-6-26-19-15(12-24-26)18(22-13-23-19)25-7-9-28-10-8-25/h1-4,11-13H,5-10H2,(H,21,27). The lowest BCUT2D eigenvalue weighted by Crippen LogP contribution is -2.36. The van der Waals surface area contributed by atoms with Crippen molar-refractivity contribution in [2.45, 2.75) is 6.54 Å². The van der Waals surface area contributed by atoms with Crippen LogP contribution in [0.4, 0.5) is 5.82 Å². The molecule has 1 aliphatic heterocycles. The van der Waals surface area contributed by atoms with E-state index in [4.69, 9.17) is 9.15 Å². The van der Waals surface area contributed by atoms with E-state index in [1.807, 2.05) is 24.3 Å². The van der Waals surface area contributed by atoms with Crippen LogP contribution in [0.3, 0.4) is 0 Å². The van der Waals surface area contributed by atoms with Gasteiger partial charge in [-0.1, -0.05) is 18.2 Å². The highest BCUT2D eigenvalue weighted by Crippen LogP contribution is 2.23. The fourth-order valence-electron chi connectivity index (χ4n) is 3.53. The largest absolute Gasteiger partial charge is 0.451 e. The number of fused-ring (bicyclic) bond motifs is 2. The zero-order valence-electron chi connectivity index (χ0n) is 15.7. The number of carbonyl (C=O) groups is 1. The van der Waals surface area contributed by atoms with E-state index in [1.165, 1.54) is 0 Å². The van der Waals surface area contributed by atoms with E-state index >= 15 is 0 Å². The number of aromatic nitrogens is 4. The Balaban J connectivity index is 1.27. The third-order valence-electron chi connectivity index (χ3n) is 4.98. The number of benzene rings is 1. The third-order valence-corrected chi connectivity index (χ3v) is 4.98. The van der Waals surface area contributed by atoms with Crippen molar-refractivity contribution >= 4 is 33.7 Å². The summed E-state index contributed by atoms with van der Waals surface area (Å²) in [4.78, 5) is 23.4. The van der Waals surface area contributed by atoms with E-state index in [0.29, 0.717) is 37.6 Å². The number of hydrogen-bond donors (Lipinski definition) is 1. The Morgan fingerprint density at radius 2 is 2.03 bits per heavy atom. The first-order valence-electron chi connectivity index (χ1n) is 9.55. The van der Waals surface area contributed by atoms with Gasteiger partial charge in [0.15, 0.2) is 11.4 Å². The molecule has 9 nitrogen and oxygen atoms in total. The molecule has 1 aromatic carbocycles. The Hall–Kier alpha value is -3.46. The lowest BCUT2D eigenvalue weighted by Gasteiger charge is -2.27. The highest BCUT2D eigenvalue weighted by molar-refractivity contribution is 5.96. The minimum atomic E-state index is -0.249. The van der Waals surface area contributed by atoms with E-state index in [0.717, 1.165) is 35.3 Å². The van der Waals surface area contributed by atoms with Crippen LogP contribution in [-0.2, 0) is 11.3 Å². The molecule has 1 N–H and O–H groups in total. The first-order valence-corrected chi connectivity index (χ1v) is 9.55. The van der Waals surface area contributed by atoms with Crippen molar-refractivity contribution in [1.82, 2.24) is 25.1 Å². The Kier molecular flexibility index (Phi) is 4.57. The highest BCUT2D eigenvalue weighted by Gasteiger charge is 2.18. The van der Waals surface area contributed by atoms with Gasteiger partial charge in [-0.15, -0.1) is 0 Å². The van der Waals surface area contributed by atoms with Crippen LogP contribution in [0.25, 0.3) is 22.0 Å². The minimum absolute atomic E-state index is 0.249. The summed E-state index contributed by atoms with van der Waals surface area (Å²) >= 11 is 0. The van der Waals surface area contributed by atoms with Crippen molar-refractivity contribution in [3.63, 3.8) is 0 Å². The monoisotopic (exact) mass is 392 g/mol. The maximum Gasteiger partial charge on any atom is 0.287 e. The van der Waals surface area contributed by atoms with Crippen LogP contribution in [0.15, 0.2) is 47.3 Å². The van der Waals surface area contributed by atoms with Crippen LogP contribution in [0, 0.1) is 0 Å². The zero-order valence-corrected chi connectivity index (χ0v) is 15.7. The lowest BCUT2D eigenvalue weighted by atomic mass is 10.2. The van der Waals surface area contributed by atoms with Crippen LogP contribution in [0.2, 0.25) is 0 Å². The van der Waals surface area contributed by atoms with E-state index in [1.54, 1.807) is 23.3 Å². The first kappa shape index (κ1) is 17.6. The maximum atomic E-state index is 12.4. The summed E-state index contributed by atoms with van der Waals surface area (Å²) in [6.45, 7) is 3.87.